The van der Waals surface area contributed by atoms with Gasteiger partial charge in [-0.2, -0.15) is 0 Å². The second-order valence-electron chi connectivity index (χ2n) is 2.72. The van der Waals surface area contributed by atoms with Crippen LogP contribution in [0.5, 0.6) is 0 Å². The lowest BCUT2D eigenvalue weighted by molar-refractivity contribution is 0.450. The monoisotopic (exact) mass is 193 g/mol. The van der Waals surface area contributed by atoms with Gasteiger partial charge in [-0.1, -0.05) is 20.4 Å². The van der Waals surface area contributed by atoms with E-state index in [0.717, 1.165) is 6.04 Å². The van der Waals surface area contributed by atoms with Crippen LogP contribution in [0.15, 0.2) is 0 Å². The van der Waals surface area contributed by atoms with Crippen LogP contribution in [0.2, 0.25) is 6.55 Å². The van der Waals surface area contributed by atoms with E-state index in [1.165, 1.54) is 0 Å². The van der Waals surface area contributed by atoms with E-state index < -0.39 is 0 Å². The first kappa shape index (κ1) is 10.6. The highest BCUT2D eigenvalue weighted by Gasteiger charge is 2.05. The van der Waals surface area contributed by atoms with Gasteiger partial charge in [-0.15, -0.1) is 0 Å². The van der Waals surface area contributed by atoms with Gasteiger partial charge in [0.2, 0.25) is 0 Å². The van der Waals surface area contributed by atoms with Crippen LogP contribution in [0.4, 0.5) is 0 Å². The largest absolute Gasteiger partial charge is 0.429 e. The van der Waals surface area contributed by atoms with Crippen molar-refractivity contribution < 1.29 is 4.43 Å². The molecule has 0 aromatic rings. The summed E-state index contributed by atoms with van der Waals surface area (Å²) in [5, 5.41) is 0. The van der Waals surface area contributed by atoms with Gasteiger partial charge in [0.05, 0.1) is 9.68 Å². The van der Waals surface area contributed by atoms with E-state index in [-0.39, 0.29) is 28.2 Å². The molecule has 0 N–H and O–H groups in total. The molecule has 0 spiro atoms. The average Bonchev–Trinajstić information content (AvgIpc) is 1.89. The lowest BCUT2D eigenvalue weighted by atomic mass is 10.4. The average molecular weight is 193 g/mol. The summed E-state index contributed by atoms with van der Waals surface area (Å²) in [5.74, 6) is 0. The Morgan fingerprint density at radius 1 is 1.40 bits per heavy atom. The van der Waals surface area contributed by atoms with Gasteiger partial charge in [0.1, 0.15) is 9.20 Å². The Labute approximate surface area is 70.9 Å². The quantitative estimate of drug-likeness (QED) is 0.496. The summed E-state index contributed by atoms with van der Waals surface area (Å²) in [6.07, 6.45) is 0. The van der Waals surface area contributed by atoms with Crippen LogP contribution >= 0.6 is 0 Å². The van der Waals surface area contributed by atoms with Gasteiger partial charge < -0.3 is 8.66 Å². The highest BCUT2D eigenvalue weighted by molar-refractivity contribution is 6.97. The smallest absolute Gasteiger partial charge is 0.159 e. The molecular formula is C5H19NOSi3. The van der Waals surface area contributed by atoms with E-state index in [9.17, 15) is 0 Å². The molecule has 0 bridgehead atoms. The highest BCUT2D eigenvalue weighted by atomic mass is 29.2. The van der Waals surface area contributed by atoms with Gasteiger partial charge >= 0.3 is 0 Å². The summed E-state index contributed by atoms with van der Waals surface area (Å²) >= 11 is 0. The Morgan fingerprint density at radius 2 is 2.00 bits per heavy atom. The van der Waals surface area contributed by atoms with Crippen LogP contribution in [0.1, 0.15) is 13.8 Å². The summed E-state index contributed by atoms with van der Waals surface area (Å²) in [4.78, 5) is 0. The Morgan fingerprint density at radius 3 is 2.30 bits per heavy atom. The van der Waals surface area contributed by atoms with Crippen molar-refractivity contribution in [2.45, 2.75) is 26.4 Å². The summed E-state index contributed by atoms with van der Waals surface area (Å²) in [6.45, 7) is 6.97. The van der Waals surface area contributed by atoms with Crippen LogP contribution in [-0.2, 0) is 4.43 Å². The fraction of sp³-hybridized carbons (Fsp3) is 1.00. The van der Waals surface area contributed by atoms with Crippen molar-refractivity contribution in [3.05, 3.63) is 0 Å². The third-order valence-electron chi connectivity index (χ3n) is 1.72. The maximum Gasteiger partial charge on any atom is 0.159 e. The van der Waals surface area contributed by atoms with Crippen molar-refractivity contribution in [2.75, 3.05) is 7.11 Å². The van der Waals surface area contributed by atoms with Crippen molar-refractivity contribution in [3.8, 4) is 0 Å². The molecule has 0 radical (unpaired) electrons. The first-order chi connectivity index (χ1) is 4.72. The molecule has 10 heavy (non-hydrogen) atoms. The maximum absolute atomic E-state index is 5.21. The van der Waals surface area contributed by atoms with Gasteiger partial charge in [-0.25, -0.2) is 0 Å². The van der Waals surface area contributed by atoms with Crippen molar-refractivity contribution in [1.29, 1.82) is 0 Å². The van der Waals surface area contributed by atoms with Crippen molar-refractivity contribution in [3.63, 3.8) is 0 Å². The number of hydrogen-bond donors (Lipinski definition) is 0. The Kier molecular flexibility index (Phi) is 6.65. The molecular weight excluding hydrogens is 174 g/mol. The molecule has 0 atom stereocenters. The number of rotatable bonds is 5. The standard InChI is InChI=1S/C5H19NOSi3/c1-5(2)6(8-4)9-10-7-3/h5H,8-10H2,1-4H3. The zero-order chi connectivity index (χ0) is 7.98. The van der Waals surface area contributed by atoms with Gasteiger partial charge in [0, 0.05) is 7.11 Å². The summed E-state index contributed by atoms with van der Waals surface area (Å²) in [6, 6.07) is 0.797. The minimum atomic E-state index is -0.0800. The molecule has 0 saturated carbocycles. The zero-order valence-electron chi connectivity index (χ0n) is 7.55. The van der Waals surface area contributed by atoms with Crippen LogP contribution in [0, 0.1) is 0 Å². The number of hydrogen-bond acceptors (Lipinski definition) is 2. The van der Waals surface area contributed by atoms with E-state index in [4.69, 9.17) is 4.43 Å². The van der Waals surface area contributed by atoms with Crippen molar-refractivity contribution in [2.24, 2.45) is 0 Å². The lowest BCUT2D eigenvalue weighted by Gasteiger charge is -2.23. The van der Waals surface area contributed by atoms with E-state index in [0.29, 0.717) is 0 Å². The first-order valence-corrected chi connectivity index (χ1v) is 11.2. The minimum Gasteiger partial charge on any atom is -0.429 e. The molecule has 0 aliphatic carbocycles. The second-order valence-corrected chi connectivity index (χ2v) is 9.87. The molecule has 0 unspecified atom stereocenters. The van der Waals surface area contributed by atoms with Crippen LogP contribution in [0.25, 0.3) is 0 Å². The van der Waals surface area contributed by atoms with Gasteiger partial charge in [-0.05, 0) is 6.04 Å². The van der Waals surface area contributed by atoms with E-state index in [1.807, 2.05) is 7.11 Å². The van der Waals surface area contributed by atoms with E-state index >= 15 is 0 Å². The van der Waals surface area contributed by atoms with Gasteiger partial charge in [0.25, 0.3) is 0 Å². The Bertz CT molecular complexity index is 81.3. The van der Waals surface area contributed by atoms with E-state index in [1.54, 1.807) is 0 Å². The predicted octanol–water partition coefficient (Wildman–Crippen LogP) is -1.44. The predicted molar refractivity (Wildman–Crippen MR) is 55.5 cm³/mol. The minimum absolute atomic E-state index is 0.0800. The fourth-order valence-corrected chi connectivity index (χ4v) is 10.7. The van der Waals surface area contributed by atoms with Crippen LogP contribution in [0.3, 0.4) is 0 Å². The Hall–Kier alpha value is 0.571. The highest BCUT2D eigenvalue weighted by Crippen LogP contribution is 1.91. The summed E-state index contributed by atoms with van der Waals surface area (Å²) in [5.41, 5.74) is 0. The van der Waals surface area contributed by atoms with Crippen molar-refractivity contribution >= 4 is 28.2 Å². The number of nitrogens with zero attached hydrogens (tertiary/aromatic N) is 1. The molecule has 0 heterocycles. The molecule has 0 saturated heterocycles. The van der Waals surface area contributed by atoms with Crippen molar-refractivity contribution in [1.82, 2.24) is 4.23 Å². The normalized spacial score (nSPS) is 15.0. The maximum atomic E-state index is 5.21. The summed E-state index contributed by atoms with van der Waals surface area (Å²) < 4.78 is 7.92. The molecule has 0 aromatic carbocycles. The van der Waals surface area contributed by atoms with Gasteiger partial charge in [-0.3, -0.25) is 0 Å². The molecule has 0 rings (SSSR count). The molecule has 62 valence electrons. The van der Waals surface area contributed by atoms with E-state index in [2.05, 4.69) is 24.6 Å². The molecule has 0 aliphatic heterocycles. The second kappa shape index (κ2) is 6.29. The molecule has 5 heteroatoms. The molecule has 0 amide bonds. The SMILES string of the molecule is CO[SiH2][SiH2]N([SiH2]C)C(C)C. The summed E-state index contributed by atoms with van der Waals surface area (Å²) in [7, 11) is 1.98. The molecule has 2 nitrogen and oxygen atoms in total. The van der Waals surface area contributed by atoms with Crippen LogP contribution in [-0.4, -0.2) is 45.5 Å². The zero-order valence-corrected chi connectivity index (χ0v) is 11.8. The fourth-order valence-electron chi connectivity index (χ4n) is 0.990. The topological polar surface area (TPSA) is 12.5 Å². The molecule has 0 fully saturated rings. The lowest BCUT2D eigenvalue weighted by Crippen LogP contribution is -2.39. The van der Waals surface area contributed by atoms with Crippen LogP contribution < -0.4 is 0 Å². The Balaban J connectivity index is 3.40. The molecule has 0 aliphatic rings. The first-order valence-electron chi connectivity index (χ1n) is 3.95. The third-order valence-corrected chi connectivity index (χ3v) is 12.8. The molecule has 0 aromatic heterocycles. The van der Waals surface area contributed by atoms with Gasteiger partial charge in [0.15, 0.2) is 9.28 Å². The third kappa shape index (κ3) is 4.40.